The second-order valence-corrected chi connectivity index (χ2v) is 5.04. The Hall–Kier alpha value is -0.0800. The summed E-state index contributed by atoms with van der Waals surface area (Å²) in [5.74, 6) is 1.35. The number of hydrogen-bond donors (Lipinski definition) is 2. The molecule has 0 aromatic rings. The average molecular weight is 213 g/mol. The van der Waals surface area contributed by atoms with Crippen LogP contribution in [0.25, 0.3) is 0 Å². The van der Waals surface area contributed by atoms with E-state index >= 15 is 0 Å². The number of aliphatic hydroxyl groups excluding tert-OH is 1. The first-order valence-corrected chi connectivity index (χ1v) is 6.62. The Bertz CT molecular complexity index is 155. The van der Waals surface area contributed by atoms with Crippen molar-refractivity contribution < 1.29 is 5.11 Å². The summed E-state index contributed by atoms with van der Waals surface area (Å²) in [4.78, 5) is 0. The van der Waals surface area contributed by atoms with Gasteiger partial charge in [-0.15, -0.1) is 0 Å². The second kappa shape index (κ2) is 7.24. The molecule has 2 nitrogen and oxygen atoms in total. The molecule has 1 aliphatic rings. The van der Waals surface area contributed by atoms with Crippen LogP contribution in [-0.2, 0) is 0 Å². The van der Waals surface area contributed by atoms with Crippen LogP contribution >= 0.6 is 0 Å². The Labute approximate surface area is 94.5 Å². The Morgan fingerprint density at radius 2 is 2.00 bits per heavy atom. The van der Waals surface area contributed by atoms with Crippen LogP contribution in [0, 0.1) is 11.8 Å². The molecular formula is C13H27NO. The van der Waals surface area contributed by atoms with Crippen LogP contribution in [0.5, 0.6) is 0 Å². The smallest absolute Gasteiger partial charge is 0.0462 e. The van der Waals surface area contributed by atoms with Gasteiger partial charge in [0.2, 0.25) is 0 Å². The van der Waals surface area contributed by atoms with E-state index in [9.17, 15) is 5.11 Å². The van der Waals surface area contributed by atoms with E-state index in [1.807, 2.05) is 0 Å². The fourth-order valence-corrected chi connectivity index (χ4v) is 2.56. The third kappa shape index (κ3) is 4.52. The molecule has 1 fully saturated rings. The molecule has 2 unspecified atom stereocenters. The van der Waals surface area contributed by atoms with Gasteiger partial charge in [-0.05, 0) is 38.1 Å². The molecule has 0 bridgehead atoms. The van der Waals surface area contributed by atoms with Crippen molar-refractivity contribution in [2.45, 2.75) is 58.4 Å². The van der Waals surface area contributed by atoms with Gasteiger partial charge in [0.1, 0.15) is 0 Å². The number of hydrogen-bond acceptors (Lipinski definition) is 2. The normalized spacial score (nSPS) is 21.8. The fraction of sp³-hybridized carbons (Fsp3) is 1.00. The lowest BCUT2D eigenvalue weighted by molar-refractivity contribution is 0.166. The van der Waals surface area contributed by atoms with Gasteiger partial charge in [0.05, 0.1) is 0 Å². The predicted molar refractivity (Wildman–Crippen MR) is 64.9 cm³/mol. The van der Waals surface area contributed by atoms with E-state index in [2.05, 4.69) is 19.2 Å². The molecule has 0 heterocycles. The van der Waals surface area contributed by atoms with Crippen molar-refractivity contribution in [3.05, 3.63) is 0 Å². The van der Waals surface area contributed by atoms with E-state index < -0.39 is 0 Å². The highest BCUT2D eigenvalue weighted by Gasteiger charge is 2.23. The first-order chi connectivity index (χ1) is 7.27. The van der Waals surface area contributed by atoms with Crippen LogP contribution in [0.3, 0.4) is 0 Å². The molecule has 90 valence electrons. The molecule has 15 heavy (non-hydrogen) atoms. The molecule has 0 aromatic heterocycles. The monoisotopic (exact) mass is 213 g/mol. The van der Waals surface area contributed by atoms with E-state index in [1.54, 1.807) is 0 Å². The van der Waals surface area contributed by atoms with Gasteiger partial charge >= 0.3 is 0 Å². The van der Waals surface area contributed by atoms with Gasteiger partial charge < -0.3 is 10.4 Å². The highest BCUT2D eigenvalue weighted by atomic mass is 16.3. The Morgan fingerprint density at radius 1 is 1.33 bits per heavy atom. The zero-order valence-electron chi connectivity index (χ0n) is 10.3. The predicted octanol–water partition coefficient (Wildman–Crippen LogP) is 2.56. The maximum absolute atomic E-state index is 9.38. The van der Waals surface area contributed by atoms with Crippen molar-refractivity contribution in [3.8, 4) is 0 Å². The summed E-state index contributed by atoms with van der Waals surface area (Å²) in [6.07, 6.45) is 7.77. The van der Waals surface area contributed by atoms with Crippen LogP contribution in [-0.4, -0.2) is 24.3 Å². The standard InChI is InChI=1S/C13H27NO/c1-3-11(2)14-9-8-13(10-15)12-6-4-5-7-12/h11-15H,3-10H2,1-2H3. The highest BCUT2D eigenvalue weighted by molar-refractivity contribution is 4.76. The van der Waals surface area contributed by atoms with Crippen molar-refractivity contribution in [2.75, 3.05) is 13.2 Å². The minimum absolute atomic E-state index is 0.382. The molecule has 1 rings (SSSR count). The van der Waals surface area contributed by atoms with Gasteiger partial charge in [-0.3, -0.25) is 0 Å². The summed E-state index contributed by atoms with van der Waals surface area (Å²) < 4.78 is 0. The fourth-order valence-electron chi connectivity index (χ4n) is 2.56. The lowest BCUT2D eigenvalue weighted by Gasteiger charge is -2.22. The molecular weight excluding hydrogens is 186 g/mol. The summed E-state index contributed by atoms with van der Waals surface area (Å²) in [7, 11) is 0. The first kappa shape index (κ1) is 13.0. The Kier molecular flexibility index (Phi) is 6.26. The SMILES string of the molecule is CCC(C)NCCC(CO)C1CCCC1. The molecule has 0 spiro atoms. The summed E-state index contributed by atoms with van der Waals surface area (Å²) >= 11 is 0. The lowest BCUT2D eigenvalue weighted by Crippen LogP contribution is -2.29. The highest BCUT2D eigenvalue weighted by Crippen LogP contribution is 2.32. The minimum Gasteiger partial charge on any atom is -0.396 e. The topological polar surface area (TPSA) is 32.3 Å². The molecule has 0 radical (unpaired) electrons. The van der Waals surface area contributed by atoms with Crippen LogP contribution < -0.4 is 5.32 Å². The van der Waals surface area contributed by atoms with Crippen molar-refractivity contribution in [1.29, 1.82) is 0 Å². The van der Waals surface area contributed by atoms with Gasteiger partial charge in [0.15, 0.2) is 0 Å². The van der Waals surface area contributed by atoms with Gasteiger partial charge in [0.25, 0.3) is 0 Å². The van der Waals surface area contributed by atoms with Crippen molar-refractivity contribution in [3.63, 3.8) is 0 Å². The molecule has 0 aliphatic heterocycles. The Morgan fingerprint density at radius 3 is 2.53 bits per heavy atom. The van der Waals surface area contributed by atoms with E-state index in [4.69, 9.17) is 0 Å². The first-order valence-electron chi connectivity index (χ1n) is 6.62. The van der Waals surface area contributed by atoms with Crippen molar-refractivity contribution in [1.82, 2.24) is 5.32 Å². The van der Waals surface area contributed by atoms with Gasteiger partial charge in [0, 0.05) is 12.6 Å². The van der Waals surface area contributed by atoms with Crippen LogP contribution in [0.1, 0.15) is 52.4 Å². The summed E-state index contributed by atoms with van der Waals surface area (Å²) in [5.41, 5.74) is 0. The van der Waals surface area contributed by atoms with E-state index in [-0.39, 0.29) is 0 Å². The summed E-state index contributed by atoms with van der Waals surface area (Å²) in [6.45, 7) is 5.88. The molecule has 2 atom stereocenters. The van der Waals surface area contributed by atoms with Crippen molar-refractivity contribution in [2.24, 2.45) is 11.8 Å². The van der Waals surface area contributed by atoms with Crippen LogP contribution in [0.15, 0.2) is 0 Å². The maximum Gasteiger partial charge on any atom is 0.0462 e. The molecule has 2 N–H and O–H groups in total. The number of aliphatic hydroxyl groups is 1. The molecule has 1 saturated carbocycles. The summed E-state index contributed by atoms with van der Waals surface area (Å²) in [5, 5.41) is 12.9. The molecule has 0 amide bonds. The zero-order valence-corrected chi connectivity index (χ0v) is 10.3. The number of rotatable bonds is 7. The number of nitrogens with one attached hydrogen (secondary N) is 1. The van der Waals surface area contributed by atoms with Crippen molar-refractivity contribution >= 4 is 0 Å². The maximum atomic E-state index is 9.38. The minimum atomic E-state index is 0.382. The van der Waals surface area contributed by atoms with E-state index in [1.165, 1.54) is 32.1 Å². The van der Waals surface area contributed by atoms with Crippen LogP contribution in [0.4, 0.5) is 0 Å². The molecule has 1 aliphatic carbocycles. The molecule has 0 aromatic carbocycles. The largest absolute Gasteiger partial charge is 0.396 e. The third-order valence-corrected chi connectivity index (χ3v) is 3.92. The molecule has 2 heteroatoms. The molecule has 0 saturated heterocycles. The average Bonchev–Trinajstić information content (AvgIpc) is 2.77. The van der Waals surface area contributed by atoms with Crippen LogP contribution in [0.2, 0.25) is 0 Å². The van der Waals surface area contributed by atoms with E-state index in [0.29, 0.717) is 18.6 Å². The third-order valence-electron chi connectivity index (χ3n) is 3.92. The van der Waals surface area contributed by atoms with Gasteiger partial charge in [-0.25, -0.2) is 0 Å². The second-order valence-electron chi connectivity index (χ2n) is 5.04. The zero-order chi connectivity index (χ0) is 11.1. The van der Waals surface area contributed by atoms with Gasteiger partial charge in [-0.1, -0.05) is 32.6 Å². The quantitative estimate of drug-likeness (QED) is 0.681. The van der Waals surface area contributed by atoms with Gasteiger partial charge in [-0.2, -0.15) is 0 Å². The summed E-state index contributed by atoms with van der Waals surface area (Å²) in [6, 6.07) is 0.618. The Balaban J connectivity index is 2.15. The van der Waals surface area contributed by atoms with E-state index in [0.717, 1.165) is 18.9 Å². The lowest BCUT2D eigenvalue weighted by atomic mass is 9.89.